The number of rotatable bonds is 1. The Morgan fingerprint density at radius 1 is 1.07 bits per heavy atom. The van der Waals surface area contributed by atoms with Gasteiger partial charge >= 0.3 is 0 Å². The Labute approximate surface area is 86.4 Å². The predicted molar refractivity (Wildman–Crippen MR) is 57.2 cm³/mol. The minimum absolute atomic E-state index is 0.802. The van der Waals surface area contributed by atoms with Crippen LogP contribution < -0.4 is 0 Å². The van der Waals surface area contributed by atoms with Crippen molar-refractivity contribution in [3.05, 3.63) is 48.9 Å². The highest BCUT2D eigenvalue weighted by Gasteiger charge is 2.05. The van der Waals surface area contributed by atoms with Crippen molar-refractivity contribution in [2.45, 2.75) is 0 Å². The number of hydrogen-bond acceptors (Lipinski definition) is 3. The Balaban J connectivity index is 2.21. The van der Waals surface area contributed by atoms with Gasteiger partial charge in [0, 0.05) is 30.2 Å². The van der Waals surface area contributed by atoms with Crippen LogP contribution in [0.5, 0.6) is 0 Å². The Bertz CT molecular complexity index is 554. The molecule has 0 unspecified atom stereocenters. The van der Waals surface area contributed by atoms with Crippen molar-refractivity contribution in [2.24, 2.45) is 0 Å². The minimum Gasteiger partial charge on any atom is -0.454 e. The molecule has 3 heterocycles. The second kappa shape index (κ2) is 3.20. The molecule has 0 bridgehead atoms. The van der Waals surface area contributed by atoms with Gasteiger partial charge in [0.1, 0.15) is 11.3 Å². The van der Waals surface area contributed by atoms with Gasteiger partial charge in [-0.05, 0) is 24.3 Å². The van der Waals surface area contributed by atoms with Gasteiger partial charge in [-0.15, -0.1) is 0 Å². The van der Waals surface area contributed by atoms with Crippen molar-refractivity contribution in [1.29, 1.82) is 0 Å². The maximum absolute atomic E-state index is 5.65. The quantitative estimate of drug-likeness (QED) is 0.600. The second-order valence-electron chi connectivity index (χ2n) is 3.24. The summed E-state index contributed by atoms with van der Waals surface area (Å²) < 4.78 is 5.65. The normalized spacial score (nSPS) is 10.7. The summed E-state index contributed by atoms with van der Waals surface area (Å²) in [5.74, 6) is 0.803. The number of fused-ring (bicyclic) bond motifs is 1. The maximum atomic E-state index is 5.65. The van der Waals surface area contributed by atoms with E-state index in [4.69, 9.17) is 4.42 Å². The zero-order valence-electron chi connectivity index (χ0n) is 7.92. The summed E-state index contributed by atoms with van der Waals surface area (Å²) in [6.07, 6.45) is 5.27. The number of furan rings is 1. The van der Waals surface area contributed by atoms with Crippen LogP contribution in [0, 0.1) is 0 Å². The molecule has 0 amide bonds. The molecule has 0 saturated carbocycles. The van der Waals surface area contributed by atoms with Crippen molar-refractivity contribution in [3.8, 4) is 11.3 Å². The molecule has 0 atom stereocenters. The van der Waals surface area contributed by atoms with Crippen LogP contribution in [0.2, 0.25) is 0 Å². The van der Waals surface area contributed by atoms with E-state index in [0.717, 1.165) is 22.4 Å². The van der Waals surface area contributed by atoms with E-state index in [9.17, 15) is 0 Å². The highest BCUT2D eigenvalue weighted by Crippen LogP contribution is 2.25. The van der Waals surface area contributed by atoms with Crippen molar-refractivity contribution in [3.63, 3.8) is 0 Å². The average molecular weight is 196 g/mol. The Morgan fingerprint density at radius 2 is 2.00 bits per heavy atom. The largest absolute Gasteiger partial charge is 0.454 e. The first-order chi connectivity index (χ1) is 7.43. The lowest BCUT2D eigenvalue weighted by molar-refractivity contribution is 0.630. The number of hydrogen-bond donors (Lipinski definition) is 0. The number of aromatic nitrogens is 2. The molecular formula is C12H8N2O. The number of nitrogens with zero attached hydrogens (tertiary/aromatic N) is 2. The summed E-state index contributed by atoms with van der Waals surface area (Å²) in [5.41, 5.74) is 2.64. The molecular weight excluding hydrogens is 188 g/mol. The highest BCUT2D eigenvalue weighted by atomic mass is 16.3. The summed E-state index contributed by atoms with van der Waals surface area (Å²) in [7, 11) is 0. The van der Waals surface area contributed by atoms with E-state index in [1.165, 1.54) is 0 Å². The van der Waals surface area contributed by atoms with Crippen LogP contribution in [0.4, 0.5) is 0 Å². The van der Waals surface area contributed by atoms with Crippen LogP contribution in [0.3, 0.4) is 0 Å². The Morgan fingerprint density at radius 3 is 2.80 bits per heavy atom. The van der Waals surface area contributed by atoms with Gasteiger partial charge in [0.2, 0.25) is 0 Å². The molecule has 0 fully saturated rings. The summed E-state index contributed by atoms with van der Waals surface area (Å²) >= 11 is 0. The summed E-state index contributed by atoms with van der Waals surface area (Å²) in [6, 6.07) is 9.54. The average Bonchev–Trinajstić information content (AvgIpc) is 2.74. The zero-order chi connectivity index (χ0) is 10.1. The standard InChI is InChI=1S/C12H8N2O/c1-3-9(8-13-5-1)12-7-10-11(15-12)4-2-6-14-10/h1-8H. The van der Waals surface area contributed by atoms with Crippen LogP contribution in [0.1, 0.15) is 0 Å². The molecule has 15 heavy (non-hydrogen) atoms. The van der Waals surface area contributed by atoms with Gasteiger partial charge in [0.25, 0.3) is 0 Å². The van der Waals surface area contributed by atoms with Gasteiger partial charge in [-0.3, -0.25) is 9.97 Å². The molecule has 0 N–H and O–H groups in total. The molecule has 0 radical (unpaired) electrons. The fraction of sp³-hybridized carbons (Fsp3) is 0. The monoisotopic (exact) mass is 196 g/mol. The molecule has 3 rings (SSSR count). The van der Waals surface area contributed by atoms with E-state index in [-0.39, 0.29) is 0 Å². The van der Waals surface area contributed by atoms with Crippen molar-refractivity contribution < 1.29 is 4.42 Å². The molecule has 0 saturated heterocycles. The summed E-state index contributed by atoms with van der Waals surface area (Å²) in [4.78, 5) is 8.26. The summed E-state index contributed by atoms with van der Waals surface area (Å²) in [5, 5.41) is 0. The Kier molecular flexibility index (Phi) is 1.75. The molecule has 3 aromatic heterocycles. The van der Waals surface area contributed by atoms with E-state index in [2.05, 4.69) is 9.97 Å². The van der Waals surface area contributed by atoms with Crippen LogP contribution >= 0.6 is 0 Å². The Hall–Kier alpha value is -2.16. The first kappa shape index (κ1) is 8.17. The maximum Gasteiger partial charge on any atom is 0.153 e. The molecule has 0 aliphatic rings. The molecule has 0 aliphatic heterocycles. The molecule has 72 valence electrons. The fourth-order valence-electron chi connectivity index (χ4n) is 1.52. The first-order valence-corrected chi connectivity index (χ1v) is 4.68. The van der Waals surface area contributed by atoms with Crippen LogP contribution in [-0.4, -0.2) is 9.97 Å². The first-order valence-electron chi connectivity index (χ1n) is 4.68. The van der Waals surface area contributed by atoms with E-state index < -0.39 is 0 Å². The molecule has 0 aromatic carbocycles. The van der Waals surface area contributed by atoms with Crippen LogP contribution in [0.25, 0.3) is 22.4 Å². The second-order valence-corrected chi connectivity index (χ2v) is 3.24. The van der Waals surface area contributed by atoms with Gasteiger partial charge in [0.05, 0.1) is 0 Å². The lowest BCUT2D eigenvalue weighted by Gasteiger charge is -1.92. The van der Waals surface area contributed by atoms with Crippen LogP contribution in [0.15, 0.2) is 53.3 Å². The third-order valence-electron chi connectivity index (χ3n) is 2.23. The SMILES string of the molecule is c1cncc(-c2cc3ncccc3o2)c1. The molecule has 0 spiro atoms. The molecule has 3 aromatic rings. The zero-order valence-corrected chi connectivity index (χ0v) is 7.92. The van der Waals surface area contributed by atoms with Crippen molar-refractivity contribution in [1.82, 2.24) is 9.97 Å². The van der Waals surface area contributed by atoms with Gasteiger partial charge in [-0.25, -0.2) is 0 Å². The van der Waals surface area contributed by atoms with Gasteiger partial charge < -0.3 is 4.42 Å². The molecule has 3 nitrogen and oxygen atoms in total. The lowest BCUT2D eigenvalue weighted by atomic mass is 10.2. The molecule has 3 heteroatoms. The third kappa shape index (κ3) is 1.38. The van der Waals surface area contributed by atoms with Crippen molar-refractivity contribution >= 4 is 11.1 Å². The van der Waals surface area contributed by atoms with E-state index in [0.29, 0.717) is 0 Å². The highest BCUT2D eigenvalue weighted by molar-refractivity contribution is 5.78. The fourth-order valence-corrected chi connectivity index (χ4v) is 1.52. The van der Waals surface area contributed by atoms with E-state index in [1.807, 2.05) is 30.3 Å². The van der Waals surface area contributed by atoms with Gasteiger partial charge in [0.15, 0.2) is 5.58 Å². The summed E-state index contributed by atoms with van der Waals surface area (Å²) in [6.45, 7) is 0. The minimum atomic E-state index is 0.802. The van der Waals surface area contributed by atoms with E-state index in [1.54, 1.807) is 18.6 Å². The van der Waals surface area contributed by atoms with E-state index >= 15 is 0 Å². The van der Waals surface area contributed by atoms with Crippen LogP contribution in [-0.2, 0) is 0 Å². The number of pyridine rings is 2. The smallest absolute Gasteiger partial charge is 0.153 e. The predicted octanol–water partition coefficient (Wildman–Crippen LogP) is 2.89. The topological polar surface area (TPSA) is 38.9 Å². The van der Waals surface area contributed by atoms with Gasteiger partial charge in [-0.1, -0.05) is 0 Å². The lowest BCUT2D eigenvalue weighted by Crippen LogP contribution is -1.73. The van der Waals surface area contributed by atoms with Gasteiger partial charge in [-0.2, -0.15) is 0 Å². The molecule has 0 aliphatic carbocycles. The van der Waals surface area contributed by atoms with Crippen molar-refractivity contribution in [2.75, 3.05) is 0 Å². The third-order valence-corrected chi connectivity index (χ3v) is 2.23.